The van der Waals surface area contributed by atoms with Crippen molar-refractivity contribution in [1.82, 2.24) is 4.57 Å². The number of fused-ring (bicyclic) bond motifs is 19. The zero-order chi connectivity index (χ0) is 50.2. The molecule has 0 unspecified atom stereocenters. The normalized spacial score (nSPS) is 13.4. The van der Waals surface area contributed by atoms with Crippen molar-refractivity contribution in [3.05, 3.63) is 192 Å². The van der Waals surface area contributed by atoms with Gasteiger partial charge in [-0.15, -0.1) is 0 Å². The van der Waals surface area contributed by atoms with Gasteiger partial charge in [-0.25, -0.2) is 0 Å². The second-order valence-corrected chi connectivity index (χ2v) is 22.3. The second kappa shape index (κ2) is 17.1. The fraction of sp³-hybridized carbons (Fsp3) is 0.258. The van der Waals surface area contributed by atoms with Gasteiger partial charge in [0.15, 0.2) is 0 Å². The Labute approximate surface area is 408 Å². The van der Waals surface area contributed by atoms with Gasteiger partial charge in [0.05, 0.1) is 27.8 Å². The Morgan fingerprint density at radius 2 is 0.868 bits per heavy atom. The van der Waals surface area contributed by atoms with Gasteiger partial charge in [-0.05, 0) is 176 Å². The highest BCUT2D eigenvalue weighted by Gasteiger charge is 2.19. The summed E-state index contributed by atoms with van der Waals surface area (Å²) < 4.78 is 29.8. The summed E-state index contributed by atoms with van der Waals surface area (Å²) in [6, 6.07) is 60.7. The van der Waals surface area contributed by atoms with Crippen LogP contribution in [0.5, 0.6) is 0 Å². The topological polar surface area (TPSA) is 8.81 Å². The SMILES string of the molecule is [2H]C([2H])([2H])[n+]1[c-]n(-c2ccccc2)c2cccc(-c3cc4cc(c3)c3cc(C(C)(C)C)cc(c3)c3cc(C(C)(C)C)cc(c3)c3cccc(c3)c3cc(C(C)(C)C)cc(c3)c3cc(CCCC)cc4c3)c21. The van der Waals surface area contributed by atoms with Crippen molar-refractivity contribution in [2.75, 3.05) is 0 Å². The van der Waals surface area contributed by atoms with E-state index in [4.69, 9.17) is 4.11 Å². The number of benzene rings is 8. The van der Waals surface area contributed by atoms with Crippen LogP contribution in [0.4, 0.5) is 0 Å². The fourth-order valence-corrected chi connectivity index (χ4v) is 9.88. The molecule has 2 nitrogen and oxygen atoms in total. The number of hydrogen-bond donors (Lipinski definition) is 0. The molecule has 0 saturated carbocycles. The number of unbranched alkanes of at least 4 members (excludes halogenated alkanes) is 1. The monoisotopic (exact) mass is 890 g/mol. The average Bonchev–Trinajstić information content (AvgIpc) is 3.76. The van der Waals surface area contributed by atoms with E-state index >= 15 is 0 Å². The van der Waals surface area contributed by atoms with Gasteiger partial charge in [-0.1, -0.05) is 191 Å². The maximum atomic E-state index is 8.85. The molecule has 0 N–H and O–H groups in total. The molecule has 340 valence electrons. The molecule has 68 heavy (non-hydrogen) atoms. The van der Waals surface area contributed by atoms with Gasteiger partial charge in [0, 0.05) is 0 Å². The van der Waals surface area contributed by atoms with Crippen LogP contribution in [0, 0.1) is 6.33 Å². The van der Waals surface area contributed by atoms with E-state index in [1.54, 1.807) is 0 Å². The standard InChI is InChI=1S/C66H66N2/c1-12-13-19-43-26-46-29-47(27-43)52-31-50(36-57(38-52)64(2,3)4)44-20-17-21-45(28-44)51-32-54(40-58(37-51)65(5,6)7)55-33-53(39-59(41-55)66(8,9)10)49-30-48(46)34-56(35-49)61-24-18-25-62-63(61)67(11)42-68(62)60-22-15-14-16-23-60/h14-18,20-41H,12-13,19H2,1-11H3/i11D3. The minimum absolute atomic E-state index is 0.0939. The van der Waals surface area contributed by atoms with Gasteiger partial charge in [0.1, 0.15) is 0 Å². The summed E-state index contributed by atoms with van der Waals surface area (Å²) in [6.45, 7) is 20.5. The van der Waals surface area contributed by atoms with Gasteiger partial charge in [-0.3, -0.25) is 0 Å². The van der Waals surface area contributed by atoms with Crippen molar-refractivity contribution >= 4 is 75.7 Å². The lowest BCUT2D eigenvalue weighted by Gasteiger charge is -2.21. The molecule has 0 spiro atoms. The third-order valence-corrected chi connectivity index (χ3v) is 14.0. The first-order valence-electron chi connectivity index (χ1n) is 26.0. The van der Waals surface area contributed by atoms with Crippen LogP contribution in [0.2, 0.25) is 0 Å². The van der Waals surface area contributed by atoms with Crippen molar-refractivity contribution in [3.63, 3.8) is 0 Å². The van der Waals surface area contributed by atoms with Crippen molar-refractivity contribution in [2.45, 2.75) is 105 Å². The Bertz CT molecular complexity index is 3830. The number of aryl methyl sites for hydroxylation is 2. The average molecular weight is 890 g/mol. The van der Waals surface area contributed by atoms with Crippen molar-refractivity contribution in [3.8, 4) is 16.8 Å². The Hall–Kier alpha value is -6.77. The number of aromatic nitrogens is 2. The van der Waals surface area contributed by atoms with Crippen LogP contribution in [0.1, 0.15) is 108 Å². The molecule has 0 fully saturated rings. The van der Waals surface area contributed by atoms with Gasteiger partial charge in [0.25, 0.3) is 0 Å². The maximum absolute atomic E-state index is 8.85. The lowest BCUT2D eigenvalue weighted by atomic mass is 9.83. The van der Waals surface area contributed by atoms with E-state index in [9.17, 15) is 0 Å². The highest BCUT2D eigenvalue weighted by Crippen LogP contribution is 2.37. The largest absolute Gasteiger partial charge is 0.319 e. The van der Waals surface area contributed by atoms with Gasteiger partial charge in [0.2, 0.25) is 6.33 Å². The van der Waals surface area contributed by atoms with E-state index in [0.717, 1.165) is 68.5 Å². The Kier molecular flexibility index (Phi) is 10.4. The van der Waals surface area contributed by atoms with Crippen molar-refractivity contribution in [1.29, 1.82) is 0 Å². The first-order chi connectivity index (χ1) is 33.6. The molecule has 0 radical (unpaired) electrons. The number of rotatable bonds is 5. The Morgan fingerprint density at radius 1 is 0.456 bits per heavy atom. The van der Waals surface area contributed by atoms with Gasteiger partial charge < -0.3 is 9.13 Å². The van der Waals surface area contributed by atoms with E-state index < -0.39 is 6.98 Å². The molecule has 1 aromatic heterocycles. The summed E-state index contributed by atoms with van der Waals surface area (Å²) in [5.41, 5.74) is 8.74. The van der Waals surface area contributed by atoms with E-state index in [-0.39, 0.29) is 16.2 Å². The first-order valence-corrected chi connectivity index (χ1v) is 24.5. The summed E-state index contributed by atoms with van der Waals surface area (Å²) in [5.74, 6) is 0. The molecular formula is C66H66N2. The summed E-state index contributed by atoms with van der Waals surface area (Å²) >= 11 is 0. The molecule has 1 heterocycles. The minimum atomic E-state index is -2.49. The third kappa shape index (κ3) is 8.78. The Balaban J connectivity index is 1.46. The molecule has 12 bridgehead atoms. The highest BCUT2D eigenvalue weighted by molar-refractivity contribution is 6.05. The lowest BCUT2D eigenvalue weighted by Crippen LogP contribution is -2.26. The van der Waals surface area contributed by atoms with Crippen LogP contribution in [0.25, 0.3) is 92.5 Å². The molecule has 10 rings (SSSR count). The van der Waals surface area contributed by atoms with Crippen LogP contribution >= 0.6 is 0 Å². The first kappa shape index (κ1) is 41.4. The molecule has 0 aliphatic rings. The third-order valence-electron chi connectivity index (χ3n) is 14.0. The predicted octanol–water partition coefficient (Wildman–Crippen LogP) is 17.8. The summed E-state index contributed by atoms with van der Waals surface area (Å²) in [4.78, 5) is 0. The quantitative estimate of drug-likeness (QED) is 0.120. The van der Waals surface area contributed by atoms with Crippen molar-refractivity contribution in [2.24, 2.45) is 6.98 Å². The van der Waals surface area contributed by atoms with Crippen molar-refractivity contribution < 1.29 is 8.68 Å². The van der Waals surface area contributed by atoms with Crippen LogP contribution < -0.4 is 4.57 Å². The summed E-state index contributed by atoms with van der Waals surface area (Å²) in [6.07, 6.45) is 6.41. The van der Waals surface area contributed by atoms with Crippen LogP contribution in [-0.4, -0.2) is 4.57 Å². The number of para-hydroxylation sites is 2. The zero-order valence-electron chi connectivity index (χ0n) is 44.6. The lowest BCUT2D eigenvalue weighted by molar-refractivity contribution is -0.649. The van der Waals surface area contributed by atoms with E-state index in [1.807, 2.05) is 47.0 Å². The molecule has 2 heteroatoms. The second-order valence-electron chi connectivity index (χ2n) is 22.3. The molecule has 0 atom stereocenters. The van der Waals surface area contributed by atoms with E-state index in [1.165, 1.54) is 64.5 Å². The molecule has 0 aliphatic heterocycles. The molecular weight excluding hydrogens is 821 g/mol. The maximum Gasteiger partial charge on any atom is 0.244 e. The van der Waals surface area contributed by atoms with Gasteiger partial charge in [-0.2, -0.15) is 0 Å². The predicted molar refractivity (Wildman–Crippen MR) is 295 cm³/mol. The van der Waals surface area contributed by atoms with Crippen LogP contribution in [-0.2, 0) is 29.6 Å². The van der Waals surface area contributed by atoms with E-state index in [2.05, 4.69) is 197 Å². The zero-order valence-corrected chi connectivity index (χ0v) is 41.6. The molecule has 9 aromatic carbocycles. The Morgan fingerprint density at radius 3 is 1.31 bits per heavy atom. The summed E-state index contributed by atoms with van der Waals surface area (Å²) in [7, 11) is 0. The number of nitrogens with zero attached hydrogens (tertiary/aromatic N) is 2. The molecule has 0 amide bonds. The summed E-state index contributed by atoms with van der Waals surface area (Å²) in [5, 5.41) is 13.8. The minimum Gasteiger partial charge on any atom is -0.319 e. The van der Waals surface area contributed by atoms with Crippen LogP contribution in [0.3, 0.4) is 0 Å². The van der Waals surface area contributed by atoms with Crippen LogP contribution in [0.15, 0.2) is 164 Å². The molecule has 0 aliphatic carbocycles. The smallest absolute Gasteiger partial charge is 0.244 e. The number of imidazole rings is 1. The number of hydrogen-bond acceptors (Lipinski definition) is 0. The fourth-order valence-electron chi connectivity index (χ4n) is 9.88. The van der Waals surface area contributed by atoms with E-state index in [0.29, 0.717) is 5.52 Å². The van der Waals surface area contributed by atoms with Gasteiger partial charge >= 0.3 is 0 Å². The highest BCUT2D eigenvalue weighted by atomic mass is 15.1. The molecule has 10 aromatic rings. The molecule has 0 saturated heterocycles.